The molecule has 26 heavy (non-hydrogen) atoms. The van der Waals surface area contributed by atoms with Crippen molar-refractivity contribution >= 4 is 35.6 Å². The van der Waals surface area contributed by atoms with E-state index in [1.807, 2.05) is 6.92 Å². The number of hydrogen-bond acceptors (Lipinski definition) is 7. The second-order valence-corrected chi connectivity index (χ2v) is 8.68. The van der Waals surface area contributed by atoms with Crippen LogP contribution in [-0.2, 0) is 14.4 Å². The van der Waals surface area contributed by atoms with Crippen LogP contribution in [0.3, 0.4) is 0 Å². The molecule has 8 nitrogen and oxygen atoms in total. The number of carboxylic acids is 1. The summed E-state index contributed by atoms with van der Waals surface area (Å²) in [4.78, 5) is 40.9. The Morgan fingerprint density at radius 1 is 1.42 bits per heavy atom. The zero-order chi connectivity index (χ0) is 19.6. The van der Waals surface area contributed by atoms with Gasteiger partial charge in [-0.3, -0.25) is 9.79 Å². The fraction of sp³-hybridized carbons (Fsp3) is 0.765. The third-order valence-electron chi connectivity index (χ3n) is 5.07. The monoisotopic (exact) mass is 385 g/mol. The highest BCUT2D eigenvalue weighted by atomic mass is 32.2. The number of carboxylic acid groups (broad SMARTS) is 1. The van der Waals surface area contributed by atoms with Crippen LogP contribution < -0.4 is 5.32 Å². The molecule has 2 aliphatic rings. The quantitative estimate of drug-likeness (QED) is 0.512. The molecule has 0 aliphatic carbocycles. The molecule has 0 unspecified atom stereocenters. The fourth-order valence-electron chi connectivity index (χ4n) is 3.58. The van der Waals surface area contributed by atoms with Crippen molar-refractivity contribution in [2.75, 3.05) is 20.6 Å². The van der Waals surface area contributed by atoms with Crippen LogP contribution in [0.5, 0.6) is 0 Å². The van der Waals surface area contributed by atoms with Gasteiger partial charge in [0, 0.05) is 25.9 Å². The van der Waals surface area contributed by atoms with Gasteiger partial charge in [-0.15, -0.1) is 11.8 Å². The van der Waals surface area contributed by atoms with E-state index in [1.165, 1.54) is 18.7 Å². The standard InChI is InChI=1S/C17H27N3O5S/c1-8-13(11(7-21)9(2)22)19-14(17(24)25)15(8)26-10-5-12(18-6-10)16(23)20(3)4/h7-13,15,18,22H,5-6H2,1-4H3,(H,24,25)/t8-,9-,10+,11-,12+,13-,15-/m1/s1. The third kappa shape index (κ3) is 4.27. The molecular formula is C17H27N3O5S. The highest BCUT2D eigenvalue weighted by Crippen LogP contribution is 2.39. The summed E-state index contributed by atoms with van der Waals surface area (Å²) in [6, 6.07) is -0.815. The number of nitrogens with zero attached hydrogens (tertiary/aromatic N) is 2. The smallest absolute Gasteiger partial charge is 0.350 e. The topological polar surface area (TPSA) is 119 Å². The minimum atomic E-state index is -1.10. The van der Waals surface area contributed by atoms with Crippen LogP contribution >= 0.6 is 11.8 Å². The Hall–Kier alpha value is -1.45. The predicted molar refractivity (Wildman–Crippen MR) is 99.5 cm³/mol. The number of rotatable bonds is 7. The van der Waals surface area contributed by atoms with Gasteiger partial charge in [0.25, 0.3) is 0 Å². The summed E-state index contributed by atoms with van der Waals surface area (Å²) in [6.07, 6.45) is 0.388. The second-order valence-electron chi connectivity index (χ2n) is 7.23. The summed E-state index contributed by atoms with van der Waals surface area (Å²) in [7, 11) is 3.41. The van der Waals surface area contributed by atoms with Gasteiger partial charge in [-0.05, 0) is 19.3 Å². The molecule has 146 valence electrons. The zero-order valence-electron chi connectivity index (χ0n) is 15.5. The van der Waals surface area contributed by atoms with Gasteiger partial charge in [0.15, 0.2) is 0 Å². The maximum atomic E-state index is 12.1. The molecule has 0 radical (unpaired) electrons. The van der Waals surface area contributed by atoms with E-state index in [9.17, 15) is 24.6 Å². The number of likely N-dealkylation sites (N-methyl/N-ethyl adjacent to an activating group) is 1. The van der Waals surface area contributed by atoms with E-state index in [0.29, 0.717) is 19.3 Å². The summed E-state index contributed by atoms with van der Waals surface area (Å²) in [5.41, 5.74) is 0.0439. The third-order valence-corrected chi connectivity index (χ3v) is 6.76. The van der Waals surface area contributed by atoms with Crippen molar-refractivity contribution in [3.63, 3.8) is 0 Å². The van der Waals surface area contributed by atoms with Gasteiger partial charge in [0.05, 0.1) is 29.4 Å². The Balaban J connectivity index is 2.11. The summed E-state index contributed by atoms with van der Waals surface area (Å²) >= 11 is 1.49. The number of aliphatic carboxylic acids is 1. The van der Waals surface area contributed by atoms with Gasteiger partial charge < -0.3 is 25.2 Å². The van der Waals surface area contributed by atoms with Crippen molar-refractivity contribution in [2.24, 2.45) is 16.8 Å². The lowest BCUT2D eigenvalue weighted by atomic mass is 9.87. The van der Waals surface area contributed by atoms with Crippen molar-refractivity contribution in [1.29, 1.82) is 0 Å². The number of thioether (sulfide) groups is 1. The molecule has 3 N–H and O–H groups in total. The zero-order valence-corrected chi connectivity index (χ0v) is 16.3. The van der Waals surface area contributed by atoms with Crippen LogP contribution in [0.25, 0.3) is 0 Å². The molecule has 0 spiro atoms. The van der Waals surface area contributed by atoms with Crippen molar-refractivity contribution in [1.82, 2.24) is 10.2 Å². The van der Waals surface area contributed by atoms with Gasteiger partial charge in [-0.2, -0.15) is 0 Å². The summed E-state index contributed by atoms with van der Waals surface area (Å²) < 4.78 is 0. The van der Waals surface area contributed by atoms with Crippen LogP contribution in [-0.4, -0.2) is 88.3 Å². The Morgan fingerprint density at radius 2 is 2.08 bits per heavy atom. The fourth-order valence-corrected chi connectivity index (χ4v) is 5.19. The van der Waals surface area contributed by atoms with Gasteiger partial charge in [0.1, 0.15) is 12.0 Å². The summed E-state index contributed by atoms with van der Waals surface area (Å²) in [5.74, 6) is -2.01. The number of aliphatic hydroxyl groups excluding tert-OH is 1. The minimum Gasteiger partial charge on any atom is -0.477 e. The highest BCUT2D eigenvalue weighted by molar-refractivity contribution is 8.01. The molecule has 1 amide bonds. The van der Waals surface area contributed by atoms with Gasteiger partial charge >= 0.3 is 5.97 Å². The first-order valence-electron chi connectivity index (χ1n) is 8.71. The summed E-state index contributed by atoms with van der Waals surface area (Å²) in [5, 5.41) is 22.3. The maximum Gasteiger partial charge on any atom is 0.350 e. The van der Waals surface area contributed by atoms with E-state index in [-0.39, 0.29) is 34.1 Å². The molecule has 2 rings (SSSR count). The molecule has 1 saturated heterocycles. The number of amides is 1. The molecule has 0 aromatic rings. The summed E-state index contributed by atoms with van der Waals surface area (Å²) in [6.45, 7) is 4.00. The molecule has 7 atom stereocenters. The molecule has 9 heteroatoms. The van der Waals surface area contributed by atoms with Gasteiger partial charge in [-0.1, -0.05) is 6.92 Å². The number of carbonyl (C=O) groups excluding carboxylic acids is 2. The van der Waals surface area contributed by atoms with Crippen molar-refractivity contribution in [3.8, 4) is 0 Å². The number of aliphatic hydroxyl groups is 1. The van der Waals surface area contributed by atoms with Crippen LogP contribution in [0.2, 0.25) is 0 Å². The first-order chi connectivity index (χ1) is 12.2. The van der Waals surface area contributed by atoms with Crippen LogP contribution in [0.4, 0.5) is 0 Å². The number of aliphatic imine (C=N–C) groups is 1. The lowest BCUT2D eigenvalue weighted by molar-refractivity contribution is -0.130. The van der Waals surface area contributed by atoms with E-state index in [0.717, 1.165) is 0 Å². The average Bonchev–Trinajstić information content (AvgIpc) is 3.14. The molecule has 2 aliphatic heterocycles. The number of carbonyl (C=O) groups is 3. The Bertz CT molecular complexity index is 595. The SMILES string of the molecule is C[C@@H]1[C@H]([C@H](C=O)[C@@H](C)O)N=C(C(=O)O)[C@@H]1S[C@@H]1CN[C@H](C(=O)N(C)C)C1. The maximum absolute atomic E-state index is 12.1. The molecule has 0 aromatic carbocycles. The highest BCUT2D eigenvalue weighted by Gasteiger charge is 2.45. The van der Waals surface area contributed by atoms with E-state index in [4.69, 9.17) is 0 Å². The Morgan fingerprint density at radius 3 is 2.58 bits per heavy atom. The molecule has 0 saturated carbocycles. The van der Waals surface area contributed by atoms with E-state index in [2.05, 4.69) is 10.3 Å². The largest absolute Gasteiger partial charge is 0.477 e. The predicted octanol–water partition coefficient (Wildman–Crippen LogP) is -0.353. The minimum absolute atomic E-state index is 0.00713. The number of aldehydes is 1. The van der Waals surface area contributed by atoms with Crippen LogP contribution in [0.15, 0.2) is 4.99 Å². The van der Waals surface area contributed by atoms with Crippen molar-refractivity contribution in [2.45, 2.75) is 49.0 Å². The molecular weight excluding hydrogens is 358 g/mol. The first-order valence-corrected chi connectivity index (χ1v) is 9.66. The van der Waals surface area contributed by atoms with Crippen molar-refractivity contribution in [3.05, 3.63) is 0 Å². The average molecular weight is 385 g/mol. The normalized spacial score (nSPS) is 33.4. The van der Waals surface area contributed by atoms with E-state index < -0.39 is 24.0 Å². The molecule has 1 fully saturated rings. The first kappa shape index (κ1) is 20.9. The van der Waals surface area contributed by atoms with E-state index in [1.54, 1.807) is 19.0 Å². The molecule has 2 heterocycles. The second kappa shape index (κ2) is 8.49. The lowest BCUT2D eigenvalue weighted by Gasteiger charge is -2.26. The molecule has 0 aromatic heterocycles. The van der Waals surface area contributed by atoms with E-state index >= 15 is 0 Å². The number of hydrogen-bond donors (Lipinski definition) is 3. The Kier molecular flexibility index (Phi) is 6.81. The van der Waals surface area contributed by atoms with Crippen LogP contribution in [0.1, 0.15) is 20.3 Å². The Labute approximate surface area is 157 Å². The van der Waals surface area contributed by atoms with Crippen molar-refractivity contribution < 1.29 is 24.6 Å². The lowest BCUT2D eigenvalue weighted by Crippen LogP contribution is -2.39. The van der Waals surface area contributed by atoms with Crippen LogP contribution in [0, 0.1) is 11.8 Å². The van der Waals surface area contributed by atoms with Gasteiger partial charge in [-0.25, -0.2) is 4.79 Å². The number of nitrogens with one attached hydrogen (secondary N) is 1. The molecule has 0 bridgehead atoms. The van der Waals surface area contributed by atoms with Gasteiger partial charge in [0.2, 0.25) is 5.91 Å².